The van der Waals surface area contributed by atoms with Gasteiger partial charge in [-0.1, -0.05) is 54.4 Å². The fraction of sp³-hybridized carbons (Fsp3) is 0.875. The van der Waals surface area contributed by atoms with Crippen LogP contribution in [0.1, 0.15) is 87.5 Å². The van der Waals surface area contributed by atoms with Gasteiger partial charge in [-0.2, -0.15) is 0 Å². The van der Waals surface area contributed by atoms with Gasteiger partial charge in [0, 0.05) is 17.4 Å². The van der Waals surface area contributed by atoms with Crippen LogP contribution in [0.25, 0.3) is 0 Å². The van der Waals surface area contributed by atoms with Crippen molar-refractivity contribution in [2.75, 3.05) is 6.61 Å². The maximum Gasteiger partial charge on any atom is 0.305 e. The zero-order chi connectivity index (χ0) is 24.7. The highest BCUT2D eigenvalue weighted by Crippen LogP contribution is 2.35. The molecule has 8 nitrogen and oxygen atoms in total. The van der Waals surface area contributed by atoms with Crippen LogP contribution in [-0.2, 0) is 23.9 Å². The van der Waals surface area contributed by atoms with Gasteiger partial charge in [0.05, 0.1) is 19.1 Å². The van der Waals surface area contributed by atoms with E-state index < -0.39 is 41.3 Å². The van der Waals surface area contributed by atoms with E-state index in [-0.39, 0.29) is 24.2 Å². The number of nitrogens with one attached hydrogen (secondary N) is 2. The van der Waals surface area contributed by atoms with Crippen LogP contribution in [0.5, 0.6) is 0 Å². The molecule has 0 bridgehead atoms. The summed E-state index contributed by atoms with van der Waals surface area (Å²) in [6.45, 7) is 15.6. The van der Waals surface area contributed by atoms with E-state index in [9.17, 15) is 19.5 Å². The van der Waals surface area contributed by atoms with Crippen LogP contribution in [0.15, 0.2) is 0 Å². The summed E-state index contributed by atoms with van der Waals surface area (Å²) in [6, 6.07) is -1.25. The largest absolute Gasteiger partial charge is 0.481 e. The van der Waals surface area contributed by atoms with Gasteiger partial charge in [-0.05, 0) is 32.6 Å². The molecule has 1 aliphatic rings. The number of carbonyl (C=O) groups is 3. The van der Waals surface area contributed by atoms with Gasteiger partial charge in [-0.15, -0.1) is 0 Å². The number of carboxylic acid groups (broad SMARTS) is 1. The molecule has 1 fully saturated rings. The van der Waals surface area contributed by atoms with Crippen LogP contribution in [0.4, 0.5) is 0 Å². The molecule has 0 aliphatic carbocycles. The second-order valence-electron chi connectivity index (χ2n) is 10.4. The predicted octanol–water partition coefficient (Wildman–Crippen LogP) is 3.48. The minimum Gasteiger partial charge on any atom is -0.481 e. The molecule has 1 saturated heterocycles. The number of amides is 2. The Labute approximate surface area is 193 Å². The summed E-state index contributed by atoms with van der Waals surface area (Å²) in [5, 5.41) is 15.4. The molecule has 0 aromatic heterocycles. The first-order valence-corrected chi connectivity index (χ1v) is 11.9. The molecule has 32 heavy (non-hydrogen) atoms. The van der Waals surface area contributed by atoms with E-state index in [0.29, 0.717) is 13.0 Å². The maximum absolute atomic E-state index is 13.2. The van der Waals surface area contributed by atoms with Gasteiger partial charge >= 0.3 is 5.97 Å². The van der Waals surface area contributed by atoms with Gasteiger partial charge in [0.1, 0.15) is 6.10 Å². The Hall–Kier alpha value is -1.67. The summed E-state index contributed by atoms with van der Waals surface area (Å²) in [4.78, 5) is 37.8. The Morgan fingerprint density at radius 1 is 1.06 bits per heavy atom. The van der Waals surface area contributed by atoms with E-state index in [1.54, 1.807) is 13.8 Å². The predicted molar refractivity (Wildman–Crippen MR) is 123 cm³/mol. The van der Waals surface area contributed by atoms with Gasteiger partial charge in [0.2, 0.25) is 11.8 Å². The number of ether oxygens (including phenoxy) is 2. The van der Waals surface area contributed by atoms with Gasteiger partial charge in [-0.25, -0.2) is 0 Å². The molecule has 0 radical (unpaired) electrons. The minimum atomic E-state index is -1.04. The molecule has 1 heterocycles. The lowest BCUT2D eigenvalue weighted by Gasteiger charge is -2.45. The molecule has 4 atom stereocenters. The summed E-state index contributed by atoms with van der Waals surface area (Å²) in [5.41, 5.74) is -0.582. The molecule has 186 valence electrons. The van der Waals surface area contributed by atoms with Crippen molar-refractivity contribution >= 4 is 17.8 Å². The zero-order valence-electron chi connectivity index (χ0n) is 21.1. The van der Waals surface area contributed by atoms with Crippen molar-refractivity contribution in [1.82, 2.24) is 10.6 Å². The van der Waals surface area contributed by atoms with Gasteiger partial charge < -0.3 is 25.2 Å². The van der Waals surface area contributed by atoms with Crippen molar-refractivity contribution in [3.05, 3.63) is 0 Å². The Bertz CT molecular complexity index is 646. The number of carboxylic acids is 1. The van der Waals surface area contributed by atoms with Crippen molar-refractivity contribution in [2.24, 2.45) is 17.3 Å². The van der Waals surface area contributed by atoms with Crippen LogP contribution in [0.3, 0.4) is 0 Å². The molecule has 3 N–H and O–H groups in total. The van der Waals surface area contributed by atoms with Gasteiger partial charge in [0.25, 0.3) is 0 Å². The van der Waals surface area contributed by atoms with Crippen LogP contribution >= 0.6 is 0 Å². The molecule has 4 unspecified atom stereocenters. The number of unbranched alkanes of at least 4 members (excludes halogenated alkanes) is 1. The molecule has 0 saturated carbocycles. The highest BCUT2D eigenvalue weighted by Gasteiger charge is 2.46. The normalized spacial score (nSPS) is 22.6. The molecule has 2 amide bonds. The molecular weight excluding hydrogens is 412 g/mol. The summed E-state index contributed by atoms with van der Waals surface area (Å²) in [6.07, 6.45) is 2.14. The Morgan fingerprint density at radius 3 is 2.19 bits per heavy atom. The maximum atomic E-state index is 13.2. The number of rotatable bonds is 12. The van der Waals surface area contributed by atoms with Crippen LogP contribution in [0, 0.1) is 17.3 Å². The smallest absolute Gasteiger partial charge is 0.305 e. The lowest BCUT2D eigenvalue weighted by molar-refractivity contribution is -0.304. The van der Waals surface area contributed by atoms with Crippen molar-refractivity contribution in [1.29, 1.82) is 0 Å². The second kappa shape index (κ2) is 12.0. The van der Waals surface area contributed by atoms with E-state index in [1.165, 1.54) is 0 Å². The molecule has 0 aromatic carbocycles. The van der Waals surface area contributed by atoms with E-state index in [4.69, 9.17) is 9.47 Å². The van der Waals surface area contributed by atoms with Gasteiger partial charge in [0.15, 0.2) is 5.79 Å². The summed E-state index contributed by atoms with van der Waals surface area (Å²) < 4.78 is 11.6. The van der Waals surface area contributed by atoms with E-state index in [1.807, 2.05) is 34.6 Å². The highest BCUT2D eigenvalue weighted by molar-refractivity contribution is 5.83. The lowest BCUT2D eigenvalue weighted by atomic mass is 9.85. The zero-order valence-corrected chi connectivity index (χ0v) is 21.1. The Balaban J connectivity index is 3.02. The third kappa shape index (κ3) is 8.35. The molecule has 0 spiro atoms. The average molecular weight is 457 g/mol. The quantitative estimate of drug-likeness (QED) is 0.414. The van der Waals surface area contributed by atoms with Crippen molar-refractivity contribution < 1.29 is 29.0 Å². The fourth-order valence-corrected chi connectivity index (χ4v) is 4.03. The number of hydrogen-bond donors (Lipinski definition) is 3. The summed E-state index contributed by atoms with van der Waals surface area (Å²) >= 11 is 0. The van der Waals surface area contributed by atoms with Crippen LogP contribution in [0.2, 0.25) is 0 Å². The van der Waals surface area contributed by atoms with Crippen LogP contribution < -0.4 is 10.6 Å². The Kier molecular flexibility index (Phi) is 10.6. The summed E-state index contributed by atoms with van der Waals surface area (Å²) in [7, 11) is 0. The second-order valence-corrected chi connectivity index (χ2v) is 10.4. The lowest BCUT2D eigenvalue weighted by Crippen LogP contribution is -2.60. The SMILES string of the molecule is CCCCC(C(=O)NC(CC)C(CC(=O)O)NC(=O)C1OC(C)(C)OCC1(C)C)C(C)C. The van der Waals surface area contributed by atoms with Gasteiger partial charge in [-0.3, -0.25) is 14.4 Å². The first kappa shape index (κ1) is 28.4. The third-order valence-corrected chi connectivity index (χ3v) is 6.13. The number of aliphatic carboxylic acids is 1. The topological polar surface area (TPSA) is 114 Å². The fourth-order valence-electron chi connectivity index (χ4n) is 4.03. The van der Waals surface area contributed by atoms with Crippen molar-refractivity contribution in [3.63, 3.8) is 0 Å². The van der Waals surface area contributed by atoms with E-state index >= 15 is 0 Å². The van der Waals surface area contributed by atoms with Crippen molar-refractivity contribution in [3.8, 4) is 0 Å². The van der Waals surface area contributed by atoms with Crippen molar-refractivity contribution in [2.45, 2.75) is 111 Å². The standard InChI is InChI=1S/C24H44N2O6/c1-9-11-12-16(15(3)4)21(29)25-17(10-2)18(13-19(27)28)26-22(30)20-23(5,6)14-31-24(7,8)32-20/h15-18,20H,9-14H2,1-8H3,(H,25,29)(H,26,30)(H,27,28). The molecule has 8 heteroatoms. The average Bonchev–Trinajstić information content (AvgIpc) is 2.67. The number of hydrogen-bond acceptors (Lipinski definition) is 5. The third-order valence-electron chi connectivity index (χ3n) is 6.13. The molecular formula is C24H44N2O6. The van der Waals surface area contributed by atoms with E-state index in [0.717, 1.165) is 19.3 Å². The van der Waals surface area contributed by atoms with E-state index in [2.05, 4.69) is 17.6 Å². The first-order valence-electron chi connectivity index (χ1n) is 11.9. The molecule has 0 aromatic rings. The minimum absolute atomic E-state index is 0.0892. The molecule has 1 rings (SSSR count). The molecule has 1 aliphatic heterocycles. The number of carbonyl (C=O) groups excluding carboxylic acids is 2. The highest BCUT2D eigenvalue weighted by atomic mass is 16.7. The summed E-state index contributed by atoms with van der Waals surface area (Å²) in [5.74, 6) is -2.41. The van der Waals surface area contributed by atoms with Crippen LogP contribution in [-0.4, -0.2) is 53.5 Å². The Morgan fingerprint density at radius 2 is 1.69 bits per heavy atom. The first-order chi connectivity index (χ1) is 14.7. The monoisotopic (exact) mass is 456 g/mol.